The number of hydrogen-bond donors (Lipinski definition) is 2. The molecule has 3 heterocycles. The molecule has 29 heavy (non-hydrogen) atoms. The van der Waals surface area contributed by atoms with Crippen LogP contribution in [0.3, 0.4) is 0 Å². The molecule has 0 aliphatic carbocycles. The quantitative estimate of drug-likeness (QED) is 0.700. The molecular weight excluding hydrogens is 453 g/mol. The molecule has 1 saturated heterocycles. The molecule has 0 unspecified atom stereocenters. The first-order chi connectivity index (χ1) is 13.8. The topological polar surface area (TPSA) is 78.5 Å². The van der Waals surface area contributed by atoms with Crippen molar-refractivity contribution in [3.05, 3.63) is 55.0 Å². The van der Waals surface area contributed by atoms with E-state index in [9.17, 15) is 13.2 Å². The zero-order valence-electron chi connectivity index (χ0n) is 15.3. The Morgan fingerprint density at radius 3 is 2.83 bits per heavy atom. The van der Waals surface area contributed by atoms with Gasteiger partial charge in [-0.3, -0.25) is 4.79 Å². The molecule has 1 amide bonds. The van der Waals surface area contributed by atoms with Gasteiger partial charge in [-0.05, 0) is 60.9 Å². The van der Waals surface area contributed by atoms with Gasteiger partial charge in [0.25, 0.3) is 0 Å². The Hall–Kier alpha value is -1.42. The molecule has 2 aliphatic rings. The third-order valence-electron chi connectivity index (χ3n) is 4.96. The number of anilines is 1. The minimum absolute atomic E-state index is 0.295. The number of halogens is 2. The lowest BCUT2D eigenvalue weighted by Gasteiger charge is -2.23. The summed E-state index contributed by atoms with van der Waals surface area (Å²) in [6.07, 6.45) is 2.71. The van der Waals surface area contributed by atoms with E-state index in [1.807, 2.05) is 12.1 Å². The van der Waals surface area contributed by atoms with Gasteiger partial charge in [-0.15, -0.1) is 11.3 Å². The van der Waals surface area contributed by atoms with E-state index in [1.165, 1.54) is 17.4 Å². The van der Waals surface area contributed by atoms with E-state index in [1.54, 1.807) is 17.0 Å². The number of fused-ring (bicyclic) bond motifs is 1. The minimum Gasteiger partial charge on any atom is -0.312 e. The second-order valence-electron chi connectivity index (χ2n) is 6.94. The summed E-state index contributed by atoms with van der Waals surface area (Å²) in [5, 5.41) is 4.85. The lowest BCUT2D eigenvalue weighted by Crippen LogP contribution is -2.40. The van der Waals surface area contributed by atoms with Crippen LogP contribution in [0.2, 0.25) is 9.36 Å². The van der Waals surface area contributed by atoms with Crippen LogP contribution in [0.1, 0.15) is 22.4 Å². The van der Waals surface area contributed by atoms with Crippen molar-refractivity contribution in [2.45, 2.75) is 25.4 Å². The largest absolute Gasteiger partial charge is 0.312 e. The maximum absolute atomic E-state index is 12.9. The summed E-state index contributed by atoms with van der Waals surface area (Å²) in [5.74, 6) is -0.295. The number of carbonyl (C=O) groups excluding carboxylic acids is 1. The van der Waals surface area contributed by atoms with E-state index in [0.717, 1.165) is 40.9 Å². The number of rotatable bonds is 5. The number of carbonyl (C=O) groups is 1. The third kappa shape index (κ3) is 4.68. The molecule has 0 radical (unpaired) electrons. The van der Waals surface area contributed by atoms with Gasteiger partial charge in [0.15, 0.2) is 0 Å². The van der Waals surface area contributed by atoms with Crippen LogP contribution >= 0.6 is 34.5 Å². The number of benzene rings is 1. The van der Waals surface area contributed by atoms with E-state index in [-0.39, 0.29) is 5.91 Å². The van der Waals surface area contributed by atoms with Crippen molar-refractivity contribution >= 4 is 62.2 Å². The van der Waals surface area contributed by atoms with Crippen LogP contribution in [0.4, 0.5) is 5.69 Å². The molecule has 0 bridgehead atoms. The highest BCUT2D eigenvalue weighted by Crippen LogP contribution is 2.33. The average molecular weight is 472 g/mol. The molecule has 2 N–H and O–H groups in total. The number of hydrogen-bond acceptors (Lipinski definition) is 5. The predicted octanol–water partition coefficient (Wildman–Crippen LogP) is 3.40. The summed E-state index contributed by atoms with van der Waals surface area (Å²) >= 11 is 13.6. The van der Waals surface area contributed by atoms with Crippen molar-refractivity contribution in [1.29, 1.82) is 0 Å². The molecule has 6 nitrogen and oxygen atoms in total. The Bertz CT molecular complexity index is 1080. The van der Waals surface area contributed by atoms with E-state index in [4.69, 9.17) is 23.2 Å². The highest BCUT2D eigenvalue weighted by molar-refractivity contribution is 7.92. The minimum atomic E-state index is -3.77. The van der Waals surface area contributed by atoms with Crippen LogP contribution in [0.5, 0.6) is 0 Å². The monoisotopic (exact) mass is 471 g/mol. The Morgan fingerprint density at radius 1 is 1.24 bits per heavy atom. The molecule has 10 heteroatoms. The van der Waals surface area contributed by atoms with Crippen LogP contribution < -0.4 is 14.9 Å². The van der Waals surface area contributed by atoms with Crippen molar-refractivity contribution in [3.63, 3.8) is 0 Å². The summed E-state index contributed by atoms with van der Waals surface area (Å²) < 4.78 is 27.8. The summed E-state index contributed by atoms with van der Waals surface area (Å²) in [7, 11) is -3.77. The maximum Gasteiger partial charge on any atom is 0.245 e. The number of nitrogens with zero attached hydrogens (tertiary/aromatic N) is 1. The number of nitrogens with one attached hydrogen (secondary N) is 2. The molecule has 2 aromatic rings. The highest BCUT2D eigenvalue weighted by Gasteiger charge is 2.36. The normalized spacial score (nSPS) is 19.9. The molecule has 1 fully saturated rings. The van der Waals surface area contributed by atoms with Gasteiger partial charge in [0.1, 0.15) is 6.04 Å². The summed E-state index contributed by atoms with van der Waals surface area (Å²) in [6, 6.07) is 6.45. The van der Waals surface area contributed by atoms with Gasteiger partial charge in [0, 0.05) is 23.4 Å². The third-order valence-corrected chi connectivity index (χ3v) is 7.57. The van der Waals surface area contributed by atoms with Gasteiger partial charge < -0.3 is 10.2 Å². The van der Waals surface area contributed by atoms with E-state index >= 15 is 0 Å². The van der Waals surface area contributed by atoms with Crippen molar-refractivity contribution in [2.75, 3.05) is 18.0 Å². The zero-order valence-corrected chi connectivity index (χ0v) is 18.5. The SMILES string of the molecule is O=C1[C@@H](NS(=O)(=O)C=Cc2ccc(Cl)s2)CCN1c1cc2c(cc1Cl)CNCC2. The van der Waals surface area contributed by atoms with Crippen LogP contribution in [0, 0.1) is 0 Å². The Labute approximate surface area is 183 Å². The molecule has 4 rings (SSSR count). The van der Waals surface area contributed by atoms with Gasteiger partial charge in [-0.1, -0.05) is 23.2 Å². The molecule has 154 valence electrons. The Balaban J connectivity index is 1.48. The van der Waals surface area contributed by atoms with E-state index in [0.29, 0.717) is 28.0 Å². The summed E-state index contributed by atoms with van der Waals surface area (Å²) in [5.41, 5.74) is 2.94. The fraction of sp³-hybridized carbons (Fsp3) is 0.316. The fourth-order valence-electron chi connectivity index (χ4n) is 3.54. The number of thiophene rings is 1. The van der Waals surface area contributed by atoms with Crippen LogP contribution in [-0.2, 0) is 27.8 Å². The molecular formula is C19H19Cl2N3O3S2. The first-order valence-electron chi connectivity index (χ1n) is 9.11. The summed E-state index contributed by atoms with van der Waals surface area (Å²) in [6.45, 7) is 2.05. The highest BCUT2D eigenvalue weighted by atomic mass is 35.5. The van der Waals surface area contributed by atoms with Crippen LogP contribution in [0.15, 0.2) is 29.7 Å². The number of sulfonamides is 1. The van der Waals surface area contributed by atoms with Crippen molar-refractivity contribution in [2.24, 2.45) is 0 Å². The summed E-state index contributed by atoms with van der Waals surface area (Å²) in [4.78, 5) is 15.2. The molecule has 1 aromatic heterocycles. The molecule has 1 atom stereocenters. The van der Waals surface area contributed by atoms with Gasteiger partial charge in [-0.2, -0.15) is 4.72 Å². The zero-order chi connectivity index (χ0) is 20.6. The lowest BCUT2D eigenvalue weighted by molar-refractivity contribution is -0.118. The molecule has 0 saturated carbocycles. The second kappa shape index (κ2) is 8.37. The van der Waals surface area contributed by atoms with E-state index < -0.39 is 16.1 Å². The van der Waals surface area contributed by atoms with Gasteiger partial charge >= 0.3 is 0 Å². The van der Waals surface area contributed by atoms with Crippen LogP contribution in [-0.4, -0.2) is 33.5 Å². The van der Waals surface area contributed by atoms with Gasteiger partial charge in [0.2, 0.25) is 15.9 Å². The van der Waals surface area contributed by atoms with Gasteiger partial charge in [-0.25, -0.2) is 8.42 Å². The lowest BCUT2D eigenvalue weighted by atomic mass is 10.00. The Kier molecular flexibility index (Phi) is 6.02. The maximum atomic E-state index is 12.9. The molecule has 2 aliphatic heterocycles. The first kappa shape index (κ1) is 20.8. The second-order valence-corrected chi connectivity index (χ2v) is 10.7. The fourth-order valence-corrected chi connectivity index (χ4v) is 5.89. The predicted molar refractivity (Wildman–Crippen MR) is 118 cm³/mol. The van der Waals surface area contributed by atoms with Crippen molar-refractivity contribution in [3.8, 4) is 0 Å². The number of amides is 1. The standard InChI is InChI=1S/C19H19Cl2N3O3S2/c20-15-9-13-11-22-6-3-12(13)10-17(15)24-7-4-16(19(24)25)23-29(26,27)8-5-14-1-2-18(21)28-14/h1-2,5,8-10,16,22-23H,3-4,6-7,11H2/t16-/m0/s1. The van der Waals surface area contributed by atoms with Gasteiger partial charge in [0.05, 0.1) is 15.0 Å². The van der Waals surface area contributed by atoms with E-state index in [2.05, 4.69) is 10.0 Å². The van der Waals surface area contributed by atoms with Crippen LogP contribution in [0.25, 0.3) is 6.08 Å². The average Bonchev–Trinajstić information content (AvgIpc) is 3.25. The molecule has 0 spiro atoms. The van der Waals surface area contributed by atoms with Crippen molar-refractivity contribution in [1.82, 2.24) is 10.0 Å². The van der Waals surface area contributed by atoms with Crippen molar-refractivity contribution < 1.29 is 13.2 Å². The Morgan fingerprint density at radius 2 is 2.07 bits per heavy atom. The smallest absolute Gasteiger partial charge is 0.245 e. The first-order valence-corrected chi connectivity index (χ1v) is 12.2. The molecule has 1 aromatic carbocycles.